The second kappa shape index (κ2) is 4.91. The molecule has 0 radical (unpaired) electrons. The number of nitriles is 1. The zero-order valence-corrected chi connectivity index (χ0v) is 14.3. The average Bonchev–Trinajstić information content (AvgIpc) is 2.83. The van der Waals surface area contributed by atoms with Crippen molar-refractivity contribution in [3.05, 3.63) is 0 Å². The number of carbonyl (C=O) groups excluding carboxylic acids is 2. The van der Waals surface area contributed by atoms with Crippen LogP contribution in [0.25, 0.3) is 0 Å². The lowest BCUT2D eigenvalue weighted by molar-refractivity contribution is -0.149. The lowest BCUT2D eigenvalue weighted by Gasteiger charge is -2.60. The summed E-state index contributed by atoms with van der Waals surface area (Å²) in [6.07, 6.45) is 7.06. The van der Waals surface area contributed by atoms with Gasteiger partial charge in [0.2, 0.25) is 0 Å². The molecule has 0 heterocycles. The smallest absolute Gasteiger partial charge is 0.139 e. The molecule has 0 aliphatic heterocycles. The molecule has 2 unspecified atom stereocenters. The lowest BCUT2D eigenvalue weighted by atomic mass is 9.43. The van der Waals surface area contributed by atoms with Gasteiger partial charge >= 0.3 is 0 Å². The van der Waals surface area contributed by atoms with E-state index in [1.54, 1.807) is 0 Å². The average molecular weight is 313 g/mol. The summed E-state index contributed by atoms with van der Waals surface area (Å²) in [5.41, 5.74) is -0.000946. The Bertz CT molecular complexity index is 605. The molecule has 4 aliphatic rings. The summed E-state index contributed by atoms with van der Waals surface area (Å²) in [4.78, 5) is 24.5. The number of carbonyl (C=O) groups is 2. The van der Waals surface area contributed by atoms with Gasteiger partial charge in [0.15, 0.2) is 0 Å². The highest BCUT2D eigenvalue weighted by Crippen LogP contribution is 2.66. The van der Waals surface area contributed by atoms with E-state index in [0.29, 0.717) is 42.2 Å². The SMILES string of the molecule is C[C@]12CCC(=O)CC1C(C#N)C[C@@H]1[C@H]2CC[C@]2(C)C(=O)CC[C@@H]12. The van der Waals surface area contributed by atoms with E-state index in [0.717, 1.165) is 38.5 Å². The number of rotatable bonds is 0. The highest BCUT2D eigenvalue weighted by molar-refractivity contribution is 5.87. The summed E-state index contributed by atoms with van der Waals surface area (Å²) in [7, 11) is 0. The Morgan fingerprint density at radius 3 is 2.57 bits per heavy atom. The Morgan fingerprint density at radius 1 is 1.04 bits per heavy atom. The summed E-state index contributed by atoms with van der Waals surface area (Å²) in [6.45, 7) is 4.54. The van der Waals surface area contributed by atoms with Gasteiger partial charge in [-0.1, -0.05) is 13.8 Å². The van der Waals surface area contributed by atoms with Gasteiger partial charge in [0, 0.05) is 24.7 Å². The Kier molecular flexibility index (Phi) is 3.28. The molecule has 3 heteroatoms. The van der Waals surface area contributed by atoms with Crippen molar-refractivity contribution in [2.45, 2.75) is 65.2 Å². The minimum Gasteiger partial charge on any atom is -0.300 e. The van der Waals surface area contributed by atoms with E-state index in [2.05, 4.69) is 19.9 Å². The molecule has 0 saturated heterocycles. The highest BCUT2D eigenvalue weighted by atomic mass is 16.1. The third-order valence-electron chi connectivity index (χ3n) is 8.41. The lowest BCUT2D eigenvalue weighted by Crippen LogP contribution is -2.56. The fraction of sp³-hybridized carbons (Fsp3) is 0.850. The number of ketones is 2. The van der Waals surface area contributed by atoms with Crippen molar-refractivity contribution in [2.75, 3.05) is 0 Å². The van der Waals surface area contributed by atoms with E-state index in [9.17, 15) is 14.9 Å². The Morgan fingerprint density at radius 2 is 1.83 bits per heavy atom. The Hall–Kier alpha value is -1.17. The standard InChI is InChI=1S/C20H27NO2/c1-19-7-5-13(22)10-17(19)12(11-21)9-14-15-3-4-18(23)20(15,2)8-6-16(14)19/h12,14-17H,3-10H2,1-2H3/t12?,14-,15-,16+,17?,19+,20-/m0/s1. The highest BCUT2D eigenvalue weighted by Gasteiger charge is 2.62. The third kappa shape index (κ3) is 1.93. The van der Waals surface area contributed by atoms with E-state index >= 15 is 0 Å². The molecule has 3 nitrogen and oxygen atoms in total. The van der Waals surface area contributed by atoms with Gasteiger partial charge in [0.05, 0.1) is 12.0 Å². The van der Waals surface area contributed by atoms with Crippen molar-refractivity contribution in [1.29, 1.82) is 5.26 Å². The molecule has 23 heavy (non-hydrogen) atoms. The fourth-order valence-electron chi connectivity index (χ4n) is 7.04. The first-order valence-electron chi connectivity index (χ1n) is 9.35. The second-order valence-electron chi connectivity index (χ2n) is 9.12. The summed E-state index contributed by atoms with van der Waals surface area (Å²) in [5.74, 6) is 2.65. The molecule has 4 rings (SSSR count). The summed E-state index contributed by atoms with van der Waals surface area (Å²) >= 11 is 0. The number of hydrogen-bond donors (Lipinski definition) is 0. The molecule has 0 aromatic carbocycles. The Balaban J connectivity index is 1.72. The van der Waals surface area contributed by atoms with Crippen LogP contribution in [0.1, 0.15) is 65.2 Å². The molecule has 124 valence electrons. The van der Waals surface area contributed by atoms with E-state index < -0.39 is 0 Å². The molecule has 4 saturated carbocycles. The van der Waals surface area contributed by atoms with E-state index in [-0.39, 0.29) is 22.7 Å². The first-order valence-corrected chi connectivity index (χ1v) is 9.35. The van der Waals surface area contributed by atoms with Crippen molar-refractivity contribution in [2.24, 2.45) is 40.4 Å². The van der Waals surface area contributed by atoms with Crippen molar-refractivity contribution in [3.8, 4) is 6.07 Å². The monoisotopic (exact) mass is 313 g/mol. The number of hydrogen-bond acceptors (Lipinski definition) is 3. The second-order valence-corrected chi connectivity index (χ2v) is 9.12. The molecule has 4 fully saturated rings. The van der Waals surface area contributed by atoms with Gasteiger partial charge in [-0.2, -0.15) is 5.26 Å². The van der Waals surface area contributed by atoms with Crippen LogP contribution in [0.15, 0.2) is 0 Å². The number of Topliss-reactive ketones (excluding diaryl/α,β-unsaturated/α-hetero) is 2. The molecular weight excluding hydrogens is 286 g/mol. The summed E-state index contributed by atoms with van der Waals surface area (Å²) in [5, 5.41) is 9.75. The summed E-state index contributed by atoms with van der Waals surface area (Å²) < 4.78 is 0. The fourth-order valence-corrected chi connectivity index (χ4v) is 7.04. The topological polar surface area (TPSA) is 57.9 Å². The van der Waals surface area contributed by atoms with Crippen LogP contribution in [-0.2, 0) is 9.59 Å². The molecule has 0 bridgehead atoms. The molecule has 4 aliphatic carbocycles. The van der Waals surface area contributed by atoms with Crippen LogP contribution in [0.3, 0.4) is 0 Å². The minimum atomic E-state index is -0.130. The van der Waals surface area contributed by atoms with Gasteiger partial charge in [-0.3, -0.25) is 9.59 Å². The van der Waals surface area contributed by atoms with Crippen LogP contribution in [0, 0.1) is 51.8 Å². The van der Waals surface area contributed by atoms with Gasteiger partial charge in [0.1, 0.15) is 11.6 Å². The van der Waals surface area contributed by atoms with Crippen LogP contribution in [-0.4, -0.2) is 11.6 Å². The van der Waals surface area contributed by atoms with Gasteiger partial charge in [0.25, 0.3) is 0 Å². The molecule has 0 N–H and O–H groups in total. The zero-order valence-electron chi connectivity index (χ0n) is 14.3. The molecule has 0 spiro atoms. The van der Waals surface area contributed by atoms with Crippen molar-refractivity contribution in [1.82, 2.24) is 0 Å². The van der Waals surface area contributed by atoms with Crippen LogP contribution >= 0.6 is 0 Å². The first-order chi connectivity index (χ1) is 10.9. The van der Waals surface area contributed by atoms with E-state index in [4.69, 9.17) is 0 Å². The van der Waals surface area contributed by atoms with Gasteiger partial charge in [-0.15, -0.1) is 0 Å². The van der Waals surface area contributed by atoms with Crippen LogP contribution in [0.5, 0.6) is 0 Å². The van der Waals surface area contributed by atoms with Crippen molar-refractivity contribution in [3.63, 3.8) is 0 Å². The molecular formula is C20H27NO2. The number of fused-ring (bicyclic) bond motifs is 5. The van der Waals surface area contributed by atoms with E-state index in [1.807, 2.05) is 0 Å². The molecule has 0 aromatic heterocycles. The maximum absolute atomic E-state index is 12.5. The van der Waals surface area contributed by atoms with Gasteiger partial charge in [-0.25, -0.2) is 0 Å². The largest absolute Gasteiger partial charge is 0.300 e. The molecule has 0 aromatic rings. The van der Waals surface area contributed by atoms with Crippen molar-refractivity contribution < 1.29 is 9.59 Å². The van der Waals surface area contributed by atoms with Gasteiger partial charge in [-0.05, 0) is 61.2 Å². The summed E-state index contributed by atoms with van der Waals surface area (Å²) in [6, 6.07) is 2.55. The predicted octanol–water partition coefficient (Wildman–Crippen LogP) is 3.92. The van der Waals surface area contributed by atoms with Crippen LogP contribution in [0.4, 0.5) is 0 Å². The minimum absolute atomic E-state index is 0.00329. The first kappa shape index (κ1) is 15.4. The maximum atomic E-state index is 12.5. The van der Waals surface area contributed by atoms with Crippen LogP contribution in [0.2, 0.25) is 0 Å². The molecule has 0 amide bonds. The third-order valence-corrected chi connectivity index (χ3v) is 8.41. The molecule has 7 atom stereocenters. The van der Waals surface area contributed by atoms with E-state index in [1.165, 1.54) is 0 Å². The predicted molar refractivity (Wildman–Crippen MR) is 86.2 cm³/mol. The van der Waals surface area contributed by atoms with Gasteiger partial charge < -0.3 is 0 Å². The maximum Gasteiger partial charge on any atom is 0.139 e. The zero-order chi connectivity index (χ0) is 16.4. The van der Waals surface area contributed by atoms with Crippen LogP contribution < -0.4 is 0 Å². The quantitative estimate of drug-likeness (QED) is 0.681. The number of nitrogens with zero attached hydrogens (tertiary/aromatic N) is 1. The normalized spacial score (nSPS) is 52.3. The Labute approximate surface area is 138 Å². The van der Waals surface area contributed by atoms with Crippen molar-refractivity contribution >= 4 is 11.6 Å².